The van der Waals surface area contributed by atoms with Gasteiger partial charge in [-0.1, -0.05) is 7.43 Å². The molecule has 0 aliphatic rings. The van der Waals surface area contributed by atoms with Gasteiger partial charge in [0, 0.05) is 6.61 Å². The van der Waals surface area contributed by atoms with Gasteiger partial charge in [0.25, 0.3) is 6.48 Å². The van der Waals surface area contributed by atoms with Crippen molar-refractivity contribution in [3.05, 3.63) is 0 Å². The summed E-state index contributed by atoms with van der Waals surface area (Å²) in [4.78, 5) is 16.2. The molecule has 18 heavy (non-hydrogen) atoms. The summed E-state index contributed by atoms with van der Waals surface area (Å²) in [5.41, 5.74) is 0. The smallest absolute Gasteiger partial charge is 0.373 e. The maximum absolute atomic E-state index is 8.18. The normalized spacial score (nSPS) is 9.28. The Balaban J connectivity index is -0.0000000445. The van der Waals surface area contributed by atoms with Crippen LogP contribution in [0.3, 0.4) is 0 Å². The highest BCUT2D eigenvalue weighted by molar-refractivity contribution is 5.20. The molecule has 0 aromatic heterocycles. The Labute approximate surface area is 106 Å². The molecule has 1 atom stereocenters. The zero-order chi connectivity index (χ0) is 14.9. The Morgan fingerprint density at radius 2 is 1.22 bits per heavy atom. The van der Waals surface area contributed by atoms with Crippen LogP contribution in [0, 0.1) is 0 Å². The van der Waals surface area contributed by atoms with Gasteiger partial charge in [-0.15, -0.1) is 0 Å². The molecule has 0 aliphatic carbocycles. The monoisotopic (exact) mass is 276 g/mol. The Morgan fingerprint density at radius 3 is 1.22 bits per heavy atom. The standard InChI is InChI=1S/C3H8O4.C2H6O2.C2H6O.CO2.CH4/c1-2(4)7-3(5)6;1-2(3)4;1-2-3;2-1-3;/h2-6H,1H3;2-4H,1H3;3H,2H2,1H3;;1H4. The van der Waals surface area contributed by atoms with Crippen LogP contribution in [0.5, 0.6) is 0 Å². The summed E-state index contributed by atoms with van der Waals surface area (Å²) in [5.74, 6) is 0. The number of hydrogen-bond donors (Lipinski definition) is 6. The molecule has 0 spiro atoms. The molecular formula is C9H24O9. The first-order valence-corrected chi connectivity index (χ1v) is 4.35. The van der Waals surface area contributed by atoms with E-state index in [1.165, 1.54) is 13.8 Å². The van der Waals surface area contributed by atoms with Gasteiger partial charge in [0.2, 0.25) is 0 Å². The van der Waals surface area contributed by atoms with Crippen molar-refractivity contribution in [2.24, 2.45) is 0 Å². The van der Waals surface area contributed by atoms with E-state index < -0.39 is 19.1 Å². The SMILES string of the molecule is C.CC(O)O.CC(O)OC(O)O.CCO.O=C=O. The number of aliphatic hydroxyl groups is 6. The first-order valence-electron chi connectivity index (χ1n) is 4.35. The second kappa shape index (κ2) is 29.8. The minimum absolute atomic E-state index is 0. The minimum Gasteiger partial charge on any atom is -0.397 e. The van der Waals surface area contributed by atoms with E-state index in [4.69, 9.17) is 40.2 Å². The number of hydrogen-bond acceptors (Lipinski definition) is 9. The van der Waals surface area contributed by atoms with E-state index in [1.54, 1.807) is 6.92 Å². The van der Waals surface area contributed by atoms with E-state index in [9.17, 15) is 0 Å². The lowest BCUT2D eigenvalue weighted by atomic mass is 10.8. The van der Waals surface area contributed by atoms with Crippen LogP contribution < -0.4 is 0 Å². The zero-order valence-electron chi connectivity index (χ0n) is 9.85. The van der Waals surface area contributed by atoms with Gasteiger partial charge in [-0.25, -0.2) is 0 Å². The fourth-order valence-corrected chi connectivity index (χ4v) is 0.176. The number of aliphatic hydroxyl groups excluding tert-OH is 4. The van der Waals surface area contributed by atoms with E-state index in [0.717, 1.165) is 0 Å². The predicted octanol–water partition coefficient (Wildman–Crippen LogP) is -2.02. The van der Waals surface area contributed by atoms with Crippen LogP contribution in [0.15, 0.2) is 0 Å². The van der Waals surface area contributed by atoms with Gasteiger partial charge in [0.15, 0.2) is 6.29 Å². The third-order valence-corrected chi connectivity index (χ3v) is 0.319. The van der Waals surface area contributed by atoms with Crippen molar-refractivity contribution in [3.63, 3.8) is 0 Å². The van der Waals surface area contributed by atoms with E-state index >= 15 is 0 Å². The molecule has 0 saturated carbocycles. The Hall–Kier alpha value is -0.900. The quantitative estimate of drug-likeness (QED) is 0.312. The molecule has 0 saturated heterocycles. The molecule has 0 aromatic carbocycles. The van der Waals surface area contributed by atoms with Gasteiger partial charge >= 0.3 is 6.15 Å². The van der Waals surface area contributed by atoms with Crippen LogP contribution in [-0.2, 0) is 14.3 Å². The molecule has 0 heterocycles. The average molecular weight is 276 g/mol. The molecule has 0 bridgehead atoms. The van der Waals surface area contributed by atoms with Crippen molar-refractivity contribution in [3.8, 4) is 0 Å². The highest BCUT2D eigenvalue weighted by Crippen LogP contribution is 1.85. The van der Waals surface area contributed by atoms with Gasteiger partial charge in [-0.2, -0.15) is 9.59 Å². The van der Waals surface area contributed by atoms with Crippen LogP contribution in [0.2, 0.25) is 0 Å². The fraction of sp³-hybridized carbons (Fsp3) is 0.889. The first kappa shape index (κ1) is 30.3. The van der Waals surface area contributed by atoms with Gasteiger partial charge in [-0.05, 0) is 20.8 Å². The third kappa shape index (κ3) is 312. The fourth-order valence-electron chi connectivity index (χ4n) is 0.176. The van der Waals surface area contributed by atoms with Gasteiger partial charge in [0.05, 0.1) is 0 Å². The number of rotatable bonds is 2. The largest absolute Gasteiger partial charge is 0.397 e. The van der Waals surface area contributed by atoms with Crippen molar-refractivity contribution < 1.29 is 45.0 Å². The summed E-state index contributed by atoms with van der Waals surface area (Å²) in [6.45, 7) is 2.61. The van der Waals surface area contributed by atoms with Crippen molar-refractivity contribution in [1.82, 2.24) is 0 Å². The molecule has 9 heteroatoms. The van der Waals surface area contributed by atoms with E-state index in [-0.39, 0.29) is 20.2 Å². The van der Waals surface area contributed by atoms with Gasteiger partial charge in [-0.3, -0.25) is 0 Å². The average Bonchev–Trinajstić information content (AvgIpc) is 2.01. The molecule has 0 amide bonds. The number of carbonyl (C=O) groups excluding carboxylic acids is 2. The maximum Gasteiger partial charge on any atom is 0.373 e. The topological polar surface area (TPSA) is 165 Å². The zero-order valence-corrected chi connectivity index (χ0v) is 9.85. The minimum atomic E-state index is -1.88. The van der Waals surface area contributed by atoms with Gasteiger partial charge in [0.1, 0.15) is 6.29 Å². The molecule has 9 nitrogen and oxygen atoms in total. The maximum atomic E-state index is 8.18. The molecule has 0 rings (SSSR count). The first-order chi connectivity index (χ1) is 7.69. The number of ether oxygens (including phenoxy) is 1. The summed E-state index contributed by atoms with van der Waals surface area (Å²) < 4.78 is 3.92. The second-order valence-electron chi connectivity index (χ2n) is 2.09. The molecule has 6 N–H and O–H groups in total. The Bertz CT molecular complexity index is 132. The molecule has 0 aliphatic heterocycles. The summed E-state index contributed by atoms with van der Waals surface area (Å²) in [5, 5.41) is 46.8. The lowest BCUT2D eigenvalue weighted by Crippen LogP contribution is -2.17. The summed E-state index contributed by atoms with van der Waals surface area (Å²) in [6, 6.07) is 0. The highest BCUT2D eigenvalue weighted by Gasteiger charge is 1.99. The van der Waals surface area contributed by atoms with Gasteiger partial charge < -0.3 is 35.4 Å². The summed E-state index contributed by atoms with van der Waals surface area (Å²) >= 11 is 0. The van der Waals surface area contributed by atoms with Crippen LogP contribution in [0.25, 0.3) is 0 Å². The molecule has 1 unspecified atom stereocenters. The van der Waals surface area contributed by atoms with Crippen LogP contribution in [0.1, 0.15) is 28.2 Å². The Kier molecular flexibility index (Phi) is 50.1. The molecule has 0 radical (unpaired) electrons. The second-order valence-corrected chi connectivity index (χ2v) is 2.09. The van der Waals surface area contributed by atoms with Crippen molar-refractivity contribution >= 4 is 6.15 Å². The van der Waals surface area contributed by atoms with Crippen molar-refractivity contribution in [2.45, 2.75) is 47.3 Å². The predicted molar refractivity (Wildman–Crippen MR) is 59.4 cm³/mol. The van der Waals surface area contributed by atoms with Crippen LogP contribution in [-0.4, -0.2) is 62.5 Å². The van der Waals surface area contributed by atoms with E-state index in [0.29, 0.717) is 0 Å². The van der Waals surface area contributed by atoms with Crippen LogP contribution in [0.4, 0.5) is 0 Å². The van der Waals surface area contributed by atoms with Crippen LogP contribution >= 0.6 is 0 Å². The highest BCUT2D eigenvalue weighted by atomic mass is 16.8. The lowest BCUT2D eigenvalue weighted by molar-refractivity contribution is -0.291. The summed E-state index contributed by atoms with van der Waals surface area (Å²) in [6.07, 6.45) is -2.04. The lowest BCUT2D eigenvalue weighted by Gasteiger charge is -2.05. The van der Waals surface area contributed by atoms with E-state index in [2.05, 4.69) is 4.74 Å². The molecular weight excluding hydrogens is 252 g/mol. The third-order valence-electron chi connectivity index (χ3n) is 0.319. The molecule has 114 valence electrons. The molecule has 0 fully saturated rings. The van der Waals surface area contributed by atoms with E-state index in [1.807, 2.05) is 0 Å². The summed E-state index contributed by atoms with van der Waals surface area (Å²) in [7, 11) is 0. The van der Waals surface area contributed by atoms with Crippen molar-refractivity contribution in [1.29, 1.82) is 0 Å². The Morgan fingerprint density at radius 1 is 1.06 bits per heavy atom. The van der Waals surface area contributed by atoms with Crippen molar-refractivity contribution in [2.75, 3.05) is 6.61 Å². The molecule has 0 aromatic rings.